The van der Waals surface area contributed by atoms with Crippen LogP contribution in [0.2, 0.25) is 0 Å². The molecule has 0 spiro atoms. The summed E-state index contributed by atoms with van der Waals surface area (Å²) in [5, 5.41) is 5.80. The third-order valence-electron chi connectivity index (χ3n) is 5.43. The molecule has 9 heteroatoms. The molecule has 3 heterocycles. The van der Waals surface area contributed by atoms with Gasteiger partial charge in [0, 0.05) is 53.4 Å². The van der Waals surface area contributed by atoms with Gasteiger partial charge in [-0.1, -0.05) is 12.1 Å². The standard InChI is InChI=1S/C24H20F3N5O/c25-24(26,27)16-4-1-5-17(12-16)30-23(33)31-20-7-2-8-21-19(20)9-11-32(21)14-15-13-29-22-18(15)6-3-10-28-22/h1-8,10,12-13H,9,11,14H2,(H,28,29)(H2,30,31,33)/i14D2. The van der Waals surface area contributed by atoms with Crippen molar-refractivity contribution in [3.63, 3.8) is 0 Å². The molecule has 0 aliphatic carbocycles. The molecule has 0 radical (unpaired) electrons. The molecule has 5 rings (SSSR count). The van der Waals surface area contributed by atoms with Crippen molar-refractivity contribution in [2.75, 3.05) is 22.1 Å². The maximum atomic E-state index is 13.0. The highest BCUT2D eigenvalue weighted by molar-refractivity contribution is 6.01. The third kappa shape index (κ3) is 4.21. The predicted octanol–water partition coefficient (Wildman–Crippen LogP) is 5.79. The number of halogens is 3. The second-order valence-corrected chi connectivity index (χ2v) is 7.58. The van der Waals surface area contributed by atoms with E-state index in [4.69, 9.17) is 2.74 Å². The van der Waals surface area contributed by atoms with Gasteiger partial charge in [-0.15, -0.1) is 0 Å². The molecule has 0 fully saturated rings. The van der Waals surface area contributed by atoms with Crippen molar-refractivity contribution < 1.29 is 20.7 Å². The van der Waals surface area contributed by atoms with Crippen molar-refractivity contribution in [2.24, 2.45) is 0 Å². The van der Waals surface area contributed by atoms with Crippen LogP contribution in [0.1, 0.15) is 19.4 Å². The number of anilines is 3. The van der Waals surface area contributed by atoms with Gasteiger partial charge in [-0.25, -0.2) is 9.78 Å². The Morgan fingerprint density at radius 3 is 2.85 bits per heavy atom. The van der Waals surface area contributed by atoms with Gasteiger partial charge in [0.15, 0.2) is 0 Å². The van der Waals surface area contributed by atoms with E-state index in [-0.39, 0.29) is 5.69 Å². The zero-order valence-corrected chi connectivity index (χ0v) is 17.2. The lowest BCUT2D eigenvalue weighted by Gasteiger charge is -2.19. The van der Waals surface area contributed by atoms with E-state index in [0.29, 0.717) is 40.9 Å². The van der Waals surface area contributed by atoms with Crippen LogP contribution in [-0.2, 0) is 19.1 Å². The van der Waals surface area contributed by atoms with Crippen LogP contribution in [-0.4, -0.2) is 22.5 Å². The van der Waals surface area contributed by atoms with Gasteiger partial charge in [0.25, 0.3) is 0 Å². The van der Waals surface area contributed by atoms with E-state index >= 15 is 0 Å². The Morgan fingerprint density at radius 2 is 2.00 bits per heavy atom. The number of H-pyrrole nitrogens is 1. The Hall–Kier alpha value is -4.01. The molecule has 2 amide bonds. The molecule has 0 saturated carbocycles. The third-order valence-corrected chi connectivity index (χ3v) is 5.43. The van der Waals surface area contributed by atoms with Crippen molar-refractivity contribution in [3.05, 3.63) is 83.7 Å². The van der Waals surface area contributed by atoms with Crippen molar-refractivity contribution in [3.8, 4) is 0 Å². The molecule has 0 bridgehead atoms. The zero-order chi connectivity index (χ0) is 24.8. The number of hydrogen-bond acceptors (Lipinski definition) is 3. The second kappa shape index (κ2) is 8.16. The van der Waals surface area contributed by atoms with Crippen LogP contribution in [0.4, 0.5) is 35.0 Å². The molecule has 0 atom stereocenters. The lowest BCUT2D eigenvalue weighted by atomic mass is 10.1. The summed E-state index contributed by atoms with van der Waals surface area (Å²) in [7, 11) is 0. The Balaban J connectivity index is 1.38. The average molecular weight is 453 g/mol. The number of fused-ring (bicyclic) bond motifs is 2. The molecular weight excluding hydrogens is 431 g/mol. The van der Waals surface area contributed by atoms with Crippen LogP contribution in [0.3, 0.4) is 0 Å². The van der Waals surface area contributed by atoms with Crippen molar-refractivity contribution in [1.82, 2.24) is 9.97 Å². The van der Waals surface area contributed by atoms with E-state index in [2.05, 4.69) is 20.6 Å². The van der Waals surface area contributed by atoms with Gasteiger partial charge < -0.3 is 20.5 Å². The minimum Gasteiger partial charge on any atom is -0.367 e. The number of hydrogen-bond donors (Lipinski definition) is 3. The SMILES string of the molecule is [2H]C([2H])(c1c[nH]c2ncccc12)N1CCc2c(NC(=O)Nc3cccc(C(F)(F)F)c3)cccc21. The highest BCUT2D eigenvalue weighted by Crippen LogP contribution is 2.35. The molecule has 1 aliphatic rings. The van der Waals surface area contributed by atoms with Crippen LogP contribution in [0.5, 0.6) is 0 Å². The highest BCUT2D eigenvalue weighted by Gasteiger charge is 2.30. The monoisotopic (exact) mass is 453 g/mol. The smallest absolute Gasteiger partial charge is 0.367 e. The topological polar surface area (TPSA) is 73.0 Å². The predicted molar refractivity (Wildman–Crippen MR) is 121 cm³/mol. The summed E-state index contributed by atoms with van der Waals surface area (Å²) >= 11 is 0. The summed E-state index contributed by atoms with van der Waals surface area (Å²) in [6, 6.07) is 12.4. The zero-order valence-electron chi connectivity index (χ0n) is 19.2. The molecule has 4 aromatic rings. The number of carbonyl (C=O) groups is 1. The fourth-order valence-corrected chi connectivity index (χ4v) is 3.92. The number of nitrogens with one attached hydrogen (secondary N) is 3. The van der Waals surface area contributed by atoms with Crippen molar-refractivity contribution in [2.45, 2.75) is 19.1 Å². The van der Waals surface area contributed by atoms with E-state index < -0.39 is 24.3 Å². The first-order valence-corrected chi connectivity index (χ1v) is 10.2. The lowest BCUT2D eigenvalue weighted by Crippen LogP contribution is -2.20. The number of alkyl halides is 3. The summed E-state index contributed by atoms with van der Waals surface area (Å²) in [6.45, 7) is -1.48. The van der Waals surface area contributed by atoms with E-state index in [1.165, 1.54) is 12.1 Å². The normalized spacial score (nSPS) is 14.6. The van der Waals surface area contributed by atoms with Crippen LogP contribution in [0, 0.1) is 0 Å². The minimum atomic E-state index is -4.52. The fraction of sp³-hybridized carbons (Fsp3) is 0.167. The van der Waals surface area contributed by atoms with Gasteiger partial charge in [0.05, 0.1) is 8.30 Å². The molecule has 2 aromatic heterocycles. The van der Waals surface area contributed by atoms with Crippen LogP contribution >= 0.6 is 0 Å². The number of nitrogens with zero attached hydrogens (tertiary/aromatic N) is 2. The van der Waals surface area contributed by atoms with Crippen LogP contribution in [0.15, 0.2) is 67.0 Å². The average Bonchev–Trinajstić information content (AvgIpc) is 3.44. The number of pyridine rings is 1. The first kappa shape index (κ1) is 18.6. The maximum absolute atomic E-state index is 13.0. The molecular formula is C24H20F3N5O. The molecule has 6 nitrogen and oxygen atoms in total. The van der Waals surface area contributed by atoms with E-state index in [0.717, 1.165) is 17.7 Å². The first-order valence-electron chi connectivity index (χ1n) is 11.2. The van der Waals surface area contributed by atoms with E-state index in [1.54, 1.807) is 47.6 Å². The summed E-state index contributed by atoms with van der Waals surface area (Å²) in [4.78, 5) is 21.4. The number of aromatic amines is 1. The first-order chi connectivity index (χ1) is 16.6. The summed E-state index contributed by atoms with van der Waals surface area (Å²) in [5.74, 6) is 0. The number of rotatable bonds is 4. The van der Waals surface area contributed by atoms with Crippen molar-refractivity contribution in [1.29, 1.82) is 0 Å². The minimum absolute atomic E-state index is 0.0100. The molecule has 0 unspecified atom stereocenters. The number of amides is 2. The summed E-state index contributed by atoms with van der Waals surface area (Å²) < 4.78 is 56.6. The van der Waals surface area contributed by atoms with Gasteiger partial charge in [0.1, 0.15) is 5.65 Å². The van der Waals surface area contributed by atoms with Crippen molar-refractivity contribution >= 4 is 34.1 Å². The molecule has 2 aromatic carbocycles. The Kier molecular flexibility index (Phi) is 4.59. The number of aromatic nitrogens is 2. The van der Waals surface area contributed by atoms with Crippen LogP contribution in [0.25, 0.3) is 11.0 Å². The van der Waals surface area contributed by atoms with Gasteiger partial charge in [-0.05, 0) is 54.4 Å². The lowest BCUT2D eigenvalue weighted by molar-refractivity contribution is -0.137. The fourth-order valence-electron chi connectivity index (χ4n) is 3.92. The Labute approximate surface area is 190 Å². The van der Waals surface area contributed by atoms with E-state index in [1.807, 2.05) is 0 Å². The Bertz CT molecular complexity index is 1420. The molecule has 1 aliphatic heterocycles. The largest absolute Gasteiger partial charge is 0.416 e. The maximum Gasteiger partial charge on any atom is 0.416 e. The quantitative estimate of drug-likeness (QED) is 0.366. The molecule has 168 valence electrons. The van der Waals surface area contributed by atoms with Gasteiger partial charge in [-0.2, -0.15) is 13.2 Å². The number of benzene rings is 2. The van der Waals surface area contributed by atoms with E-state index in [9.17, 15) is 18.0 Å². The van der Waals surface area contributed by atoms with Gasteiger partial charge >= 0.3 is 12.2 Å². The van der Waals surface area contributed by atoms with Crippen LogP contribution < -0.4 is 15.5 Å². The molecule has 0 saturated heterocycles. The Morgan fingerprint density at radius 1 is 1.15 bits per heavy atom. The summed E-state index contributed by atoms with van der Waals surface area (Å²) in [5.41, 5.74) is 2.03. The number of carbonyl (C=O) groups excluding carboxylic acids is 1. The summed E-state index contributed by atoms with van der Waals surface area (Å²) in [6.07, 6.45) is -0.792. The molecule has 3 N–H and O–H groups in total. The highest BCUT2D eigenvalue weighted by atomic mass is 19.4. The number of urea groups is 1. The van der Waals surface area contributed by atoms with Gasteiger partial charge in [0.2, 0.25) is 0 Å². The molecule has 33 heavy (non-hydrogen) atoms. The second-order valence-electron chi connectivity index (χ2n) is 7.58. The van der Waals surface area contributed by atoms with Gasteiger partial charge in [-0.3, -0.25) is 0 Å².